The van der Waals surface area contributed by atoms with Gasteiger partial charge in [-0.1, -0.05) is 0 Å². The molecule has 3 N–H and O–H groups in total. The second-order valence-electron chi connectivity index (χ2n) is 8.16. The fourth-order valence-electron chi connectivity index (χ4n) is 3.73. The highest BCUT2D eigenvalue weighted by Gasteiger charge is 2.30. The lowest BCUT2D eigenvalue weighted by Gasteiger charge is -2.26. The Morgan fingerprint density at radius 1 is 0.914 bits per heavy atom. The van der Waals surface area contributed by atoms with Crippen molar-refractivity contribution >= 4 is 17.8 Å². The summed E-state index contributed by atoms with van der Waals surface area (Å²) >= 11 is 0. The zero-order chi connectivity index (χ0) is 25.6. The molecular weight excluding hydrogens is 472 g/mol. The number of carbonyl (C=O) groups excluding carboxylic acids is 2. The van der Waals surface area contributed by atoms with Crippen LogP contribution in [0.25, 0.3) is 0 Å². The summed E-state index contributed by atoms with van der Waals surface area (Å²) in [7, 11) is 0. The van der Waals surface area contributed by atoms with Crippen molar-refractivity contribution < 1.29 is 41.8 Å². The predicted octanol–water partition coefficient (Wildman–Crippen LogP) is 4.03. The first-order valence-electron chi connectivity index (χ1n) is 11.0. The normalized spacial score (nSPS) is 17.9. The molecule has 1 saturated carbocycles. The highest BCUT2D eigenvalue weighted by molar-refractivity contribution is 5.95. The SMILES string of the molecule is O=C(NCCNC(=O)c1ccc(O[C@H]2CC[C@@H](C(=O)O)CC2)cc1F)c1ccc(C(F)(F)F)cc1. The first-order valence-corrected chi connectivity index (χ1v) is 11.0. The van der Waals surface area contributed by atoms with Crippen molar-refractivity contribution in [3.8, 4) is 5.75 Å². The summed E-state index contributed by atoms with van der Waals surface area (Å²) in [5, 5.41) is 14.0. The zero-order valence-corrected chi connectivity index (χ0v) is 18.5. The number of benzene rings is 2. The molecule has 2 aromatic rings. The number of nitrogens with one attached hydrogen (secondary N) is 2. The average Bonchev–Trinajstić information content (AvgIpc) is 2.81. The number of carboxylic acid groups (broad SMARTS) is 1. The van der Waals surface area contributed by atoms with Gasteiger partial charge in [-0.25, -0.2) is 4.39 Å². The molecule has 2 amide bonds. The van der Waals surface area contributed by atoms with Crippen LogP contribution in [0.1, 0.15) is 52.0 Å². The Kier molecular flexibility index (Phi) is 8.31. The van der Waals surface area contributed by atoms with E-state index in [0.717, 1.165) is 30.3 Å². The third-order valence-electron chi connectivity index (χ3n) is 5.68. The van der Waals surface area contributed by atoms with Crippen molar-refractivity contribution in [2.75, 3.05) is 13.1 Å². The van der Waals surface area contributed by atoms with Crippen LogP contribution < -0.4 is 15.4 Å². The number of aliphatic carboxylic acids is 1. The van der Waals surface area contributed by atoms with Gasteiger partial charge >= 0.3 is 12.1 Å². The van der Waals surface area contributed by atoms with Gasteiger partial charge in [0, 0.05) is 24.7 Å². The summed E-state index contributed by atoms with van der Waals surface area (Å²) in [6, 6.07) is 7.50. The topological polar surface area (TPSA) is 105 Å². The summed E-state index contributed by atoms with van der Waals surface area (Å²) in [6.45, 7) is -0.0524. The molecule has 0 atom stereocenters. The lowest BCUT2D eigenvalue weighted by molar-refractivity contribution is -0.143. The number of rotatable bonds is 8. The summed E-state index contributed by atoms with van der Waals surface area (Å²) in [6.07, 6.45) is -2.67. The van der Waals surface area contributed by atoms with Gasteiger partial charge in [0.25, 0.3) is 11.8 Å². The molecule has 0 aliphatic heterocycles. The summed E-state index contributed by atoms with van der Waals surface area (Å²) in [5.41, 5.74) is -1.06. The molecule has 188 valence electrons. The van der Waals surface area contributed by atoms with Crippen LogP contribution in [0.15, 0.2) is 42.5 Å². The highest BCUT2D eigenvalue weighted by atomic mass is 19.4. The van der Waals surface area contributed by atoms with Gasteiger partial charge in [0.05, 0.1) is 23.1 Å². The number of halogens is 4. The van der Waals surface area contributed by atoms with Crippen molar-refractivity contribution in [1.29, 1.82) is 0 Å². The number of carbonyl (C=O) groups is 3. The van der Waals surface area contributed by atoms with E-state index >= 15 is 0 Å². The minimum Gasteiger partial charge on any atom is -0.490 e. The van der Waals surface area contributed by atoms with Gasteiger partial charge in [0.1, 0.15) is 11.6 Å². The molecule has 1 aliphatic carbocycles. The number of amides is 2. The van der Waals surface area contributed by atoms with Gasteiger partial charge in [-0.15, -0.1) is 0 Å². The fraction of sp³-hybridized carbons (Fsp3) is 0.375. The van der Waals surface area contributed by atoms with E-state index in [1.54, 1.807) is 0 Å². The van der Waals surface area contributed by atoms with Crippen molar-refractivity contribution in [1.82, 2.24) is 10.6 Å². The largest absolute Gasteiger partial charge is 0.490 e. The van der Waals surface area contributed by atoms with Crippen molar-refractivity contribution in [3.05, 3.63) is 65.0 Å². The van der Waals surface area contributed by atoms with Crippen LogP contribution in [-0.2, 0) is 11.0 Å². The Balaban J connectivity index is 1.43. The van der Waals surface area contributed by atoms with Gasteiger partial charge in [-0.05, 0) is 62.1 Å². The molecule has 0 heterocycles. The van der Waals surface area contributed by atoms with Gasteiger partial charge in [0.15, 0.2) is 0 Å². The first kappa shape index (κ1) is 26.0. The Bertz CT molecular complexity index is 1060. The molecular formula is C24H24F4N2O5. The lowest BCUT2D eigenvalue weighted by Crippen LogP contribution is -2.35. The second-order valence-corrected chi connectivity index (χ2v) is 8.16. The third-order valence-corrected chi connectivity index (χ3v) is 5.68. The van der Waals surface area contributed by atoms with Crippen LogP contribution in [0, 0.1) is 11.7 Å². The van der Waals surface area contributed by atoms with Gasteiger partial charge < -0.3 is 20.5 Å². The van der Waals surface area contributed by atoms with Gasteiger partial charge in [0.2, 0.25) is 0 Å². The van der Waals surface area contributed by atoms with Gasteiger partial charge in [-0.3, -0.25) is 14.4 Å². The molecule has 0 radical (unpaired) electrons. The van der Waals surface area contributed by atoms with Crippen LogP contribution in [0.4, 0.5) is 17.6 Å². The molecule has 0 saturated heterocycles. The van der Waals surface area contributed by atoms with E-state index in [9.17, 15) is 31.9 Å². The Labute approximate surface area is 198 Å². The number of carboxylic acids is 1. The van der Waals surface area contributed by atoms with Crippen LogP contribution in [0.5, 0.6) is 5.75 Å². The van der Waals surface area contributed by atoms with Crippen molar-refractivity contribution in [3.63, 3.8) is 0 Å². The molecule has 11 heteroatoms. The molecule has 0 unspecified atom stereocenters. The van der Waals surface area contributed by atoms with Crippen LogP contribution in [-0.4, -0.2) is 42.1 Å². The molecule has 0 bridgehead atoms. The molecule has 35 heavy (non-hydrogen) atoms. The average molecular weight is 496 g/mol. The quantitative estimate of drug-likeness (QED) is 0.378. The minimum absolute atomic E-state index is 0.0204. The Morgan fingerprint density at radius 2 is 1.51 bits per heavy atom. The first-order chi connectivity index (χ1) is 16.5. The highest BCUT2D eigenvalue weighted by Crippen LogP contribution is 2.29. The number of hydrogen-bond acceptors (Lipinski definition) is 4. The summed E-state index contributed by atoms with van der Waals surface area (Å²) in [4.78, 5) is 35.3. The van der Waals surface area contributed by atoms with E-state index in [2.05, 4.69) is 10.6 Å². The summed E-state index contributed by atoms with van der Waals surface area (Å²) in [5.74, 6) is -3.10. The second kappa shape index (κ2) is 11.2. The van der Waals surface area contributed by atoms with E-state index in [0.29, 0.717) is 25.7 Å². The fourth-order valence-corrected chi connectivity index (χ4v) is 3.73. The molecule has 0 aromatic heterocycles. The van der Waals surface area contributed by atoms with Crippen molar-refractivity contribution in [2.45, 2.75) is 38.0 Å². The molecule has 1 aliphatic rings. The maximum Gasteiger partial charge on any atom is 0.416 e. The molecule has 0 spiro atoms. The number of alkyl halides is 3. The molecule has 2 aromatic carbocycles. The Morgan fingerprint density at radius 3 is 2.06 bits per heavy atom. The van der Waals surface area contributed by atoms with Crippen molar-refractivity contribution in [2.24, 2.45) is 5.92 Å². The summed E-state index contributed by atoms with van der Waals surface area (Å²) < 4.78 is 57.9. The maximum atomic E-state index is 14.4. The Hall–Kier alpha value is -3.63. The van der Waals surface area contributed by atoms with E-state index in [1.807, 2.05) is 0 Å². The van der Waals surface area contributed by atoms with E-state index in [-0.39, 0.29) is 36.1 Å². The standard InChI is InChI=1S/C24H24F4N2O5/c25-20-13-18(35-17-7-3-15(4-8-17)23(33)34)9-10-19(20)22(32)30-12-11-29-21(31)14-1-5-16(6-2-14)24(26,27)28/h1-2,5-6,9-10,13,15,17H,3-4,7-8,11-12H2,(H,29,31)(H,30,32)(H,33,34)/t15-,17+. The van der Waals surface area contributed by atoms with Crippen LogP contribution in [0.3, 0.4) is 0 Å². The van der Waals surface area contributed by atoms with E-state index in [1.165, 1.54) is 12.1 Å². The van der Waals surface area contributed by atoms with E-state index in [4.69, 9.17) is 9.84 Å². The third kappa shape index (κ3) is 7.17. The smallest absolute Gasteiger partial charge is 0.416 e. The molecule has 3 rings (SSSR count). The minimum atomic E-state index is -4.50. The monoisotopic (exact) mass is 496 g/mol. The van der Waals surface area contributed by atoms with Crippen LogP contribution >= 0.6 is 0 Å². The zero-order valence-electron chi connectivity index (χ0n) is 18.5. The number of ether oxygens (including phenoxy) is 1. The lowest BCUT2D eigenvalue weighted by atomic mass is 9.87. The van der Waals surface area contributed by atoms with Crippen LogP contribution in [0.2, 0.25) is 0 Å². The van der Waals surface area contributed by atoms with E-state index < -0.39 is 41.3 Å². The molecule has 7 nitrogen and oxygen atoms in total. The molecule has 1 fully saturated rings. The number of hydrogen-bond donors (Lipinski definition) is 3. The van der Waals surface area contributed by atoms with Gasteiger partial charge in [-0.2, -0.15) is 13.2 Å². The predicted molar refractivity (Wildman–Crippen MR) is 117 cm³/mol. The maximum absolute atomic E-state index is 14.4.